The zero-order valence-corrected chi connectivity index (χ0v) is 17.8. The highest BCUT2D eigenvalue weighted by Crippen LogP contribution is 2.30. The summed E-state index contributed by atoms with van der Waals surface area (Å²) in [5.74, 6) is 0.811. The minimum absolute atomic E-state index is 0.0669. The predicted octanol–water partition coefficient (Wildman–Crippen LogP) is 1.40. The summed E-state index contributed by atoms with van der Waals surface area (Å²) >= 11 is 0. The summed E-state index contributed by atoms with van der Waals surface area (Å²) < 4.78 is 0. The lowest BCUT2D eigenvalue weighted by atomic mass is 10.0. The van der Waals surface area contributed by atoms with Crippen molar-refractivity contribution in [1.82, 2.24) is 25.2 Å². The highest BCUT2D eigenvalue weighted by atomic mass is 16.3. The molecule has 3 N–H and O–H groups in total. The molecule has 0 saturated carbocycles. The number of likely N-dealkylation sites (tertiary alicyclic amines) is 1. The maximum atomic E-state index is 12.2. The quantitative estimate of drug-likeness (QED) is 0.617. The van der Waals surface area contributed by atoms with Gasteiger partial charge in [-0.15, -0.1) is 0 Å². The van der Waals surface area contributed by atoms with E-state index < -0.39 is 6.23 Å². The van der Waals surface area contributed by atoms with Crippen LogP contribution in [-0.4, -0.2) is 64.2 Å². The average molecular weight is 413 g/mol. The Labute approximate surface area is 177 Å². The SMILES string of the molecule is CCc1ccc(C2CCN(C3CCN(c4cnc(C(O)NC)nc4)CC3)C2)[nH]c1=O. The fourth-order valence-electron chi connectivity index (χ4n) is 4.66. The van der Waals surface area contributed by atoms with E-state index in [1.807, 2.05) is 13.0 Å². The van der Waals surface area contributed by atoms with Crippen molar-refractivity contribution in [3.05, 3.63) is 52.0 Å². The molecule has 2 aromatic heterocycles. The molecule has 2 fully saturated rings. The van der Waals surface area contributed by atoms with Crippen molar-refractivity contribution in [2.75, 3.05) is 38.1 Å². The second-order valence-corrected chi connectivity index (χ2v) is 8.31. The number of rotatable bonds is 6. The Bertz CT molecular complexity index is 891. The number of aromatic nitrogens is 3. The smallest absolute Gasteiger partial charge is 0.251 e. The fourth-order valence-corrected chi connectivity index (χ4v) is 4.66. The summed E-state index contributed by atoms with van der Waals surface area (Å²) in [5.41, 5.74) is 3.02. The van der Waals surface area contributed by atoms with E-state index >= 15 is 0 Å². The molecule has 30 heavy (non-hydrogen) atoms. The monoisotopic (exact) mass is 412 g/mol. The Balaban J connectivity index is 1.31. The maximum absolute atomic E-state index is 12.2. The van der Waals surface area contributed by atoms with E-state index in [0.717, 1.165) is 68.8 Å². The van der Waals surface area contributed by atoms with Crippen LogP contribution in [0, 0.1) is 0 Å². The van der Waals surface area contributed by atoms with E-state index in [-0.39, 0.29) is 5.56 Å². The molecule has 0 bridgehead atoms. The van der Waals surface area contributed by atoms with Crippen molar-refractivity contribution < 1.29 is 5.11 Å². The van der Waals surface area contributed by atoms with Gasteiger partial charge in [0.05, 0.1) is 18.1 Å². The van der Waals surface area contributed by atoms with Crippen LogP contribution < -0.4 is 15.8 Å². The number of anilines is 1. The number of aryl methyl sites for hydroxylation is 1. The van der Waals surface area contributed by atoms with Crippen LogP contribution in [0.15, 0.2) is 29.3 Å². The summed E-state index contributed by atoms with van der Waals surface area (Å²) in [4.78, 5) is 28.7. The molecule has 0 aromatic carbocycles. The molecule has 2 aliphatic heterocycles. The van der Waals surface area contributed by atoms with Gasteiger partial charge in [-0.2, -0.15) is 0 Å². The first kappa shape index (κ1) is 21.0. The van der Waals surface area contributed by atoms with Gasteiger partial charge in [-0.05, 0) is 45.3 Å². The van der Waals surface area contributed by atoms with Crippen molar-refractivity contribution in [3.8, 4) is 0 Å². The molecule has 4 rings (SSSR count). The highest BCUT2D eigenvalue weighted by molar-refractivity contribution is 5.42. The topological polar surface area (TPSA) is 97.4 Å². The van der Waals surface area contributed by atoms with E-state index in [2.05, 4.69) is 36.1 Å². The molecule has 2 aromatic rings. The van der Waals surface area contributed by atoms with Crippen LogP contribution in [0.4, 0.5) is 5.69 Å². The minimum Gasteiger partial charge on any atom is -0.371 e. The van der Waals surface area contributed by atoms with Crippen LogP contribution in [0.1, 0.15) is 55.4 Å². The van der Waals surface area contributed by atoms with E-state index in [1.165, 1.54) is 0 Å². The van der Waals surface area contributed by atoms with Crippen molar-refractivity contribution in [2.45, 2.75) is 50.8 Å². The summed E-state index contributed by atoms with van der Waals surface area (Å²) in [5, 5.41) is 12.5. The third-order valence-electron chi connectivity index (χ3n) is 6.58. The molecule has 2 saturated heterocycles. The van der Waals surface area contributed by atoms with Gasteiger partial charge in [-0.1, -0.05) is 13.0 Å². The van der Waals surface area contributed by atoms with E-state index in [4.69, 9.17) is 0 Å². The predicted molar refractivity (Wildman–Crippen MR) is 117 cm³/mol. The fraction of sp³-hybridized carbons (Fsp3) is 0.591. The number of pyridine rings is 1. The molecule has 162 valence electrons. The standard InChI is InChI=1S/C22H32N6O2/c1-3-15-4-5-19(26-21(15)29)16-6-9-28(14-16)17-7-10-27(11-8-17)18-12-24-20(25-13-18)22(30)23-2/h4-5,12-13,16-17,22-23,30H,3,6-11,14H2,1-2H3,(H,26,29). The number of hydrogen-bond donors (Lipinski definition) is 3. The lowest BCUT2D eigenvalue weighted by Gasteiger charge is -2.37. The zero-order chi connectivity index (χ0) is 21.1. The number of piperidine rings is 1. The molecule has 8 nitrogen and oxygen atoms in total. The van der Waals surface area contributed by atoms with Gasteiger partial charge in [0.25, 0.3) is 5.56 Å². The van der Waals surface area contributed by atoms with E-state index in [9.17, 15) is 9.90 Å². The molecule has 2 aliphatic rings. The summed E-state index contributed by atoms with van der Waals surface area (Å²) in [6.45, 7) is 6.08. The normalized spacial score (nSPS) is 21.8. The van der Waals surface area contributed by atoms with Crippen LogP contribution in [0.25, 0.3) is 0 Å². The van der Waals surface area contributed by atoms with Crippen LogP contribution in [0.3, 0.4) is 0 Å². The number of aliphatic hydroxyl groups excluding tert-OH is 1. The summed E-state index contributed by atoms with van der Waals surface area (Å²) in [6, 6.07) is 4.67. The largest absolute Gasteiger partial charge is 0.371 e. The van der Waals surface area contributed by atoms with Crippen molar-refractivity contribution in [1.29, 1.82) is 0 Å². The van der Waals surface area contributed by atoms with Gasteiger partial charge in [0.2, 0.25) is 0 Å². The van der Waals surface area contributed by atoms with Crippen LogP contribution in [0.2, 0.25) is 0 Å². The second-order valence-electron chi connectivity index (χ2n) is 8.31. The van der Waals surface area contributed by atoms with Crippen molar-refractivity contribution in [3.63, 3.8) is 0 Å². The molecule has 0 amide bonds. The molecule has 2 unspecified atom stereocenters. The first-order valence-corrected chi connectivity index (χ1v) is 11.0. The molecule has 8 heteroatoms. The molecule has 2 atom stereocenters. The molecular weight excluding hydrogens is 380 g/mol. The van der Waals surface area contributed by atoms with Gasteiger partial charge in [-0.3, -0.25) is 15.0 Å². The van der Waals surface area contributed by atoms with E-state index in [1.54, 1.807) is 19.4 Å². The molecule has 4 heterocycles. The van der Waals surface area contributed by atoms with Crippen LogP contribution in [0.5, 0.6) is 0 Å². The lowest BCUT2D eigenvalue weighted by Crippen LogP contribution is -2.44. The number of aromatic amines is 1. The Morgan fingerprint density at radius 2 is 1.93 bits per heavy atom. The van der Waals surface area contributed by atoms with Gasteiger partial charge < -0.3 is 15.0 Å². The van der Waals surface area contributed by atoms with Crippen LogP contribution >= 0.6 is 0 Å². The summed E-state index contributed by atoms with van der Waals surface area (Å²) in [6.07, 6.45) is 6.86. The first-order valence-electron chi connectivity index (χ1n) is 11.0. The number of nitrogens with zero attached hydrogens (tertiary/aromatic N) is 4. The lowest BCUT2D eigenvalue weighted by molar-refractivity contribution is 0.139. The third-order valence-corrected chi connectivity index (χ3v) is 6.58. The Hall–Kier alpha value is -2.29. The van der Waals surface area contributed by atoms with Gasteiger partial charge in [0.15, 0.2) is 12.1 Å². The first-order chi connectivity index (χ1) is 14.6. The third kappa shape index (κ3) is 4.40. The number of nitrogens with one attached hydrogen (secondary N) is 2. The number of hydrogen-bond acceptors (Lipinski definition) is 7. The van der Waals surface area contributed by atoms with Gasteiger partial charge >= 0.3 is 0 Å². The van der Waals surface area contributed by atoms with Gasteiger partial charge in [0.1, 0.15) is 0 Å². The summed E-state index contributed by atoms with van der Waals surface area (Å²) in [7, 11) is 1.67. The van der Waals surface area contributed by atoms with Crippen molar-refractivity contribution >= 4 is 5.69 Å². The Morgan fingerprint density at radius 3 is 2.57 bits per heavy atom. The zero-order valence-electron chi connectivity index (χ0n) is 17.8. The van der Waals surface area contributed by atoms with E-state index in [0.29, 0.717) is 17.8 Å². The molecule has 0 radical (unpaired) electrons. The molecular formula is C22H32N6O2. The van der Waals surface area contributed by atoms with Gasteiger partial charge in [-0.25, -0.2) is 9.97 Å². The second kappa shape index (κ2) is 9.24. The Morgan fingerprint density at radius 1 is 1.20 bits per heavy atom. The maximum Gasteiger partial charge on any atom is 0.251 e. The highest BCUT2D eigenvalue weighted by Gasteiger charge is 2.32. The minimum atomic E-state index is -0.832. The average Bonchev–Trinajstić information content (AvgIpc) is 3.29. The molecule has 0 spiro atoms. The Kier molecular flexibility index (Phi) is 6.46. The van der Waals surface area contributed by atoms with Crippen molar-refractivity contribution in [2.24, 2.45) is 0 Å². The van der Waals surface area contributed by atoms with Crippen LogP contribution in [-0.2, 0) is 6.42 Å². The number of H-pyrrole nitrogens is 1. The number of aliphatic hydroxyl groups is 1. The molecule has 0 aliphatic carbocycles. The van der Waals surface area contributed by atoms with Gasteiger partial charge in [0, 0.05) is 42.9 Å².